The lowest BCUT2D eigenvalue weighted by atomic mass is 10.0. The van der Waals surface area contributed by atoms with E-state index in [0.29, 0.717) is 55.7 Å². The van der Waals surface area contributed by atoms with Gasteiger partial charge in [-0.1, -0.05) is 49.4 Å². The Balaban J connectivity index is 1.20. The zero-order chi connectivity index (χ0) is 92.1. The number of nitrogens with two attached hydrogens (primary N) is 2. The van der Waals surface area contributed by atoms with Crippen LogP contribution in [0.2, 0.25) is 0 Å². The standard InChI is InChI=1S/C74H119N19O29P2/c1-48(2)65(90-69(106)57(46-94)88-68(105)56(21-26-64(101)102)87-67(104)55(15-10-29-82-71(76)108)86-63(100)44-50-17-19-51(20-18-50)84-72(109)89-53-13-5-4-12-49(53)3)70(107)81-34-39-121-43-42-120-37-32-79-60(97)23-22-59(96)78-31-36-118-40-41-119-38-33-80-61(98)24-25-62(99)85-54(66(75)103)14-6-8-28-77-58(95)16-7-9-35-93-45-52(91-92-93)47-122-73(110)83-30-11-27-74(111,123(112,113)114)124(115,116)117/h4-5,12-13,17-20,45,48,54-57,65,94,111H,6-11,14-16,21-44,46-47H2,1-3H3,(H2,75,103)(H,77,95)(H,78,96)(H,79,97)(H,80,98)(H,81,107)(H,83,110)(H,85,99)(H,86,100)(H,87,104)(H,88,105)(H,90,106)(H,101,102)(H3,76,82,108)(H2,84,89,109)(H2,112,113,114)(H2,115,116,117)/t54-,55-,56-,57-,65-/m0/s1. The van der Waals surface area contributed by atoms with E-state index >= 15 is 0 Å². The van der Waals surface area contributed by atoms with Crippen molar-refractivity contribution >= 4 is 116 Å². The molecule has 0 unspecified atom stereocenters. The third-order valence-electron chi connectivity index (χ3n) is 17.9. The average molecular weight is 1800 g/mol. The Labute approximate surface area is 714 Å². The van der Waals surface area contributed by atoms with Gasteiger partial charge in [0.15, 0.2) is 0 Å². The highest BCUT2D eigenvalue weighted by atomic mass is 31.2. The second-order valence-corrected chi connectivity index (χ2v) is 32.4. The number of primary amides is 2. The van der Waals surface area contributed by atoms with E-state index in [2.05, 4.69) is 84.7 Å². The minimum absolute atomic E-state index is 0.00930. The molecule has 2 aromatic carbocycles. The number of rotatable bonds is 65. The van der Waals surface area contributed by atoms with Crippen LogP contribution in [-0.4, -0.2) is 280 Å². The molecule has 50 heteroatoms. The van der Waals surface area contributed by atoms with Crippen molar-refractivity contribution in [3.05, 3.63) is 71.5 Å². The molecular weight excluding hydrogens is 1680 g/mol. The van der Waals surface area contributed by atoms with E-state index in [9.17, 15) is 116 Å². The molecule has 0 aliphatic rings. The first-order valence-electron chi connectivity index (χ1n) is 40.0. The SMILES string of the molecule is Cc1ccccc1NC(=O)Nc1ccc(CC(=O)N[C@@H](CCCNC(N)=O)C(=O)N[C@@H](CCC(=O)O)C(=O)N[C@@H](CO)C(=O)N[C@H](C(=O)NCCOCCOCCNC(=O)CCC(=O)NCCOCCOCCNC(=O)CCC(=O)N[C@@H](CCCCNC(=O)CCCCn2cc(COC(=O)NCCCC(O)(P(=O)(O)O)P(=O)(O)O)nn2)C(N)=O)C(C)C)cc1. The van der Waals surface area contributed by atoms with Crippen LogP contribution in [0.4, 0.5) is 25.8 Å². The van der Waals surface area contributed by atoms with Crippen LogP contribution in [0.5, 0.6) is 0 Å². The number of ether oxygens (including phenoxy) is 5. The van der Waals surface area contributed by atoms with Crippen LogP contribution in [-0.2, 0) is 110 Å². The summed E-state index contributed by atoms with van der Waals surface area (Å²) in [6.45, 7) is 5.50. The number of aliphatic carboxylic acids is 1. The van der Waals surface area contributed by atoms with Gasteiger partial charge >= 0.3 is 39.3 Å². The highest BCUT2D eigenvalue weighted by Crippen LogP contribution is 2.69. The molecule has 1 aromatic heterocycles. The van der Waals surface area contributed by atoms with Crippen molar-refractivity contribution in [3.63, 3.8) is 0 Å². The highest BCUT2D eigenvalue weighted by Gasteiger charge is 2.58. The molecule has 3 aromatic rings. The number of urea groups is 2. The Hall–Kier alpha value is -10.9. The van der Waals surface area contributed by atoms with Crippen molar-refractivity contribution in [1.82, 2.24) is 78.8 Å². The van der Waals surface area contributed by atoms with Gasteiger partial charge in [0.05, 0.1) is 72.1 Å². The number of aliphatic hydroxyl groups excluding tert-OH is 1. The molecule has 0 bridgehead atoms. The lowest BCUT2D eigenvalue weighted by Gasteiger charge is -2.29. The summed E-state index contributed by atoms with van der Waals surface area (Å²) in [5.41, 5.74) is 13.3. The maximum atomic E-state index is 13.9. The number of aryl methyl sites for hydroxylation is 2. The lowest BCUT2D eigenvalue weighted by Crippen LogP contribution is -2.60. The van der Waals surface area contributed by atoms with Gasteiger partial charge in [-0.3, -0.25) is 71.3 Å². The van der Waals surface area contributed by atoms with Crippen LogP contribution < -0.4 is 85.9 Å². The summed E-state index contributed by atoms with van der Waals surface area (Å²) in [4.78, 5) is 226. The fraction of sp³-hybridized carbons (Fsp3) is 0.608. The fourth-order valence-corrected chi connectivity index (χ4v) is 13.3. The van der Waals surface area contributed by atoms with E-state index in [1.54, 1.807) is 50.2 Å². The van der Waals surface area contributed by atoms with Gasteiger partial charge in [0, 0.05) is 109 Å². The number of carbonyl (C=O) groups is 15. The second kappa shape index (κ2) is 59.0. The second-order valence-electron chi connectivity index (χ2n) is 28.3. The Morgan fingerprint density at radius 3 is 1.54 bits per heavy atom. The molecule has 16 amide bonds. The lowest BCUT2D eigenvalue weighted by molar-refractivity contribution is -0.139. The van der Waals surface area contributed by atoms with E-state index in [1.807, 2.05) is 19.1 Å². The number of nitrogens with one attached hydrogen (secondary N) is 14. The number of anilines is 2. The number of benzene rings is 2. The first kappa shape index (κ1) is 107. The van der Waals surface area contributed by atoms with Crippen molar-refractivity contribution in [2.75, 3.05) is 116 Å². The number of amides is 16. The van der Waals surface area contributed by atoms with Gasteiger partial charge in [-0.15, -0.1) is 5.10 Å². The summed E-state index contributed by atoms with van der Waals surface area (Å²) in [5, 5.41) is 69.6. The van der Waals surface area contributed by atoms with Crippen molar-refractivity contribution in [3.8, 4) is 0 Å². The van der Waals surface area contributed by atoms with Gasteiger partial charge in [-0.05, 0) is 100.0 Å². The summed E-state index contributed by atoms with van der Waals surface area (Å²) in [5.74, 6) is -8.94. The number of carboxylic acid groups (broad SMARTS) is 1. The topological polar surface area (TPSA) is 729 Å². The molecule has 1 heterocycles. The number of para-hydroxylation sites is 1. The normalized spacial score (nSPS) is 12.6. The molecule has 0 fully saturated rings. The Morgan fingerprint density at radius 1 is 0.500 bits per heavy atom. The van der Waals surface area contributed by atoms with Crippen LogP contribution in [0.25, 0.3) is 0 Å². The van der Waals surface area contributed by atoms with Crippen LogP contribution in [0.15, 0.2) is 54.7 Å². The molecule has 25 N–H and O–H groups in total. The molecular formula is C74H119N19O29P2. The van der Waals surface area contributed by atoms with Crippen molar-refractivity contribution in [2.45, 2.75) is 178 Å². The van der Waals surface area contributed by atoms with Crippen molar-refractivity contribution < 1.29 is 140 Å². The molecule has 694 valence electrons. The molecule has 0 saturated heterocycles. The minimum Gasteiger partial charge on any atom is -0.481 e. The number of nitrogens with zero attached hydrogens (tertiary/aromatic N) is 3. The van der Waals surface area contributed by atoms with Gasteiger partial charge in [0.25, 0.3) is 5.08 Å². The number of aliphatic hydroxyl groups is 2. The minimum atomic E-state index is -5.63. The Kier molecular flexibility index (Phi) is 51.1. The molecule has 0 saturated carbocycles. The average Bonchev–Trinajstić information content (AvgIpc) is 0.845. The first-order valence-corrected chi connectivity index (χ1v) is 43.2. The number of hydrogen-bond donors (Lipinski definition) is 23. The van der Waals surface area contributed by atoms with E-state index in [0.717, 1.165) is 5.56 Å². The van der Waals surface area contributed by atoms with Crippen LogP contribution >= 0.6 is 15.2 Å². The number of aromatic nitrogens is 3. The summed E-state index contributed by atoms with van der Waals surface area (Å²) in [7, 11) is -11.3. The van der Waals surface area contributed by atoms with E-state index < -0.39 is 166 Å². The third kappa shape index (κ3) is 46.0. The molecule has 0 spiro atoms. The molecule has 0 radical (unpaired) electrons. The Morgan fingerprint density at radius 2 is 1.00 bits per heavy atom. The summed E-state index contributed by atoms with van der Waals surface area (Å²) < 4.78 is 51.2. The molecule has 5 atom stereocenters. The summed E-state index contributed by atoms with van der Waals surface area (Å²) in [6, 6.07) is 5.25. The van der Waals surface area contributed by atoms with Gasteiger partial charge in [-0.25, -0.2) is 14.4 Å². The summed E-state index contributed by atoms with van der Waals surface area (Å²) >= 11 is 0. The number of carboxylic acids is 1. The number of alkyl carbamates (subject to hydrolysis) is 1. The van der Waals surface area contributed by atoms with Crippen molar-refractivity contribution in [2.24, 2.45) is 17.4 Å². The maximum Gasteiger partial charge on any atom is 0.407 e. The smallest absolute Gasteiger partial charge is 0.407 e. The highest BCUT2D eigenvalue weighted by molar-refractivity contribution is 7.72. The monoisotopic (exact) mass is 1800 g/mol. The molecule has 0 aliphatic heterocycles. The van der Waals surface area contributed by atoms with E-state index in [4.69, 9.17) is 35.2 Å². The fourth-order valence-electron chi connectivity index (χ4n) is 11.1. The first-order chi connectivity index (χ1) is 58.8. The molecule has 0 aliphatic carbocycles. The quantitative estimate of drug-likeness (QED) is 0.0197. The molecule has 3 rings (SSSR count). The number of hydrogen-bond acceptors (Lipinski definition) is 26. The maximum absolute atomic E-state index is 13.9. The predicted molar refractivity (Wildman–Crippen MR) is 439 cm³/mol. The number of carbonyl (C=O) groups excluding carboxylic acids is 14. The van der Waals surface area contributed by atoms with Gasteiger partial charge < -0.3 is 144 Å². The molecule has 48 nitrogen and oxygen atoms in total. The summed E-state index contributed by atoms with van der Waals surface area (Å²) in [6.07, 6.45) is -0.572. The number of unbranched alkanes of at least 4 members (excludes halogenated alkanes) is 2. The Bertz CT molecular complexity index is 4000. The zero-order valence-electron chi connectivity index (χ0n) is 69.4. The predicted octanol–water partition coefficient (Wildman–Crippen LogP) is -3.10. The third-order valence-corrected chi connectivity index (χ3v) is 21.8. The van der Waals surface area contributed by atoms with Gasteiger partial charge in [-0.2, -0.15) is 0 Å². The van der Waals surface area contributed by atoms with Gasteiger partial charge in [0.1, 0.15) is 42.5 Å². The zero-order valence-corrected chi connectivity index (χ0v) is 71.2. The van der Waals surface area contributed by atoms with E-state index in [-0.39, 0.29) is 174 Å². The van der Waals surface area contributed by atoms with Crippen molar-refractivity contribution in [1.29, 1.82) is 0 Å². The van der Waals surface area contributed by atoms with Crippen LogP contribution in [0.3, 0.4) is 0 Å². The van der Waals surface area contributed by atoms with Crippen LogP contribution in [0.1, 0.15) is 133 Å². The largest absolute Gasteiger partial charge is 0.481 e. The van der Waals surface area contributed by atoms with Gasteiger partial charge in [0.2, 0.25) is 65.0 Å². The molecule has 124 heavy (non-hydrogen) atoms. The van der Waals surface area contributed by atoms with E-state index in [1.165, 1.54) is 10.9 Å². The van der Waals surface area contributed by atoms with Crippen LogP contribution in [0, 0.1) is 12.8 Å².